The average molecular weight is 330 g/mol. The highest BCUT2D eigenvalue weighted by molar-refractivity contribution is 9.10. The van der Waals surface area contributed by atoms with Gasteiger partial charge in [0.25, 0.3) is 0 Å². The first-order valence-corrected chi connectivity index (χ1v) is 7.46. The van der Waals surface area contributed by atoms with Gasteiger partial charge in [0.05, 0.1) is 0 Å². The summed E-state index contributed by atoms with van der Waals surface area (Å²) in [4.78, 5) is 14.2. The minimum Gasteiger partial charge on any atom is -0.456 e. The van der Waals surface area contributed by atoms with Crippen molar-refractivity contribution in [1.29, 1.82) is 0 Å². The standard InChI is InChI=1S/C14H20BrNO3/c1-16(2)9-10-5-3-4-6-11(10)19-14(17)12-7-8-13(15)18-12/h7-8,10-11H,3-6,9H2,1-2H3/t10-,11-/m1/s1. The van der Waals surface area contributed by atoms with Gasteiger partial charge in [-0.2, -0.15) is 0 Å². The molecule has 0 spiro atoms. The van der Waals surface area contributed by atoms with Crippen molar-refractivity contribution in [3.05, 3.63) is 22.6 Å². The Morgan fingerprint density at radius 3 is 2.79 bits per heavy atom. The Morgan fingerprint density at radius 1 is 1.42 bits per heavy atom. The van der Waals surface area contributed by atoms with Gasteiger partial charge < -0.3 is 14.1 Å². The molecule has 1 fully saturated rings. The molecule has 106 valence electrons. The Labute approximate surface area is 122 Å². The summed E-state index contributed by atoms with van der Waals surface area (Å²) in [5.74, 6) is 0.327. The van der Waals surface area contributed by atoms with E-state index in [1.165, 1.54) is 6.42 Å². The van der Waals surface area contributed by atoms with Crippen LogP contribution in [-0.4, -0.2) is 37.6 Å². The summed E-state index contributed by atoms with van der Waals surface area (Å²) in [7, 11) is 4.11. The maximum Gasteiger partial charge on any atom is 0.374 e. The molecule has 1 aliphatic carbocycles. The minimum absolute atomic E-state index is 0.00697. The van der Waals surface area contributed by atoms with Crippen molar-refractivity contribution in [2.24, 2.45) is 5.92 Å². The van der Waals surface area contributed by atoms with Gasteiger partial charge in [0.2, 0.25) is 5.76 Å². The number of carbonyl (C=O) groups excluding carboxylic acids is 1. The van der Waals surface area contributed by atoms with Gasteiger partial charge in [0.15, 0.2) is 4.67 Å². The van der Waals surface area contributed by atoms with E-state index >= 15 is 0 Å². The van der Waals surface area contributed by atoms with Crippen molar-refractivity contribution in [3.8, 4) is 0 Å². The Balaban J connectivity index is 1.97. The Morgan fingerprint density at radius 2 is 2.16 bits per heavy atom. The van der Waals surface area contributed by atoms with Crippen LogP contribution in [0.4, 0.5) is 0 Å². The molecule has 1 aliphatic rings. The van der Waals surface area contributed by atoms with Crippen LogP contribution in [0.25, 0.3) is 0 Å². The van der Waals surface area contributed by atoms with Gasteiger partial charge in [-0.1, -0.05) is 6.42 Å². The maximum absolute atomic E-state index is 12.0. The van der Waals surface area contributed by atoms with E-state index in [1.54, 1.807) is 12.1 Å². The van der Waals surface area contributed by atoms with Gasteiger partial charge >= 0.3 is 5.97 Å². The molecule has 0 aliphatic heterocycles. The van der Waals surface area contributed by atoms with Crippen molar-refractivity contribution >= 4 is 21.9 Å². The first kappa shape index (κ1) is 14.6. The largest absolute Gasteiger partial charge is 0.456 e. The third-order valence-corrected chi connectivity index (χ3v) is 3.90. The fraction of sp³-hybridized carbons (Fsp3) is 0.643. The quantitative estimate of drug-likeness (QED) is 0.795. The summed E-state index contributed by atoms with van der Waals surface area (Å²) < 4.78 is 11.4. The molecular weight excluding hydrogens is 310 g/mol. The number of nitrogens with zero attached hydrogens (tertiary/aromatic N) is 1. The van der Waals surface area contributed by atoms with Gasteiger partial charge in [-0.05, 0) is 61.4 Å². The van der Waals surface area contributed by atoms with E-state index in [4.69, 9.17) is 9.15 Å². The number of carbonyl (C=O) groups is 1. The third kappa shape index (κ3) is 4.08. The van der Waals surface area contributed by atoms with Crippen molar-refractivity contribution in [3.63, 3.8) is 0 Å². The first-order chi connectivity index (χ1) is 9.06. The summed E-state index contributed by atoms with van der Waals surface area (Å²) in [5.41, 5.74) is 0. The van der Waals surface area contributed by atoms with E-state index in [-0.39, 0.29) is 17.8 Å². The fourth-order valence-corrected chi connectivity index (χ4v) is 2.93. The van der Waals surface area contributed by atoms with Gasteiger partial charge in [-0.15, -0.1) is 0 Å². The second-order valence-corrected chi connectivity index (χ2v) is 6.14. The molecular formula is C14H20BrNO3. The lowest BCUT2D eigenvalue weighted by Gasteiger charge is -2.32. The third-order valence-electron chi connectivity index (χ3n) is 3.47. The number of esters is 1. The Bertz CT molecular complexity index is 430. The second-order valence-electron chi connectivity index (χ2n) is 5.35. The predicted molar refractivity (Wildman–Crippen MR) is 76.1 cm³/mol. The number of halogens is 1. The molecule has 0 amide bonds. The zero-order valence-corrected chi connectivity index (χ0v) is 13.0. The molecule has 2 atom stereocenters. The van der Waals surface area contributed by atoms with Crippen LogP contribution < -0.4 is 0 Å². The van der Waals surface area contributed by atoms with Gasteiger partial charge in [-0.25, -0.2) is 4.79 Å². The fourth-order valence-electron chi connectivity index (χ4n) is 2.63. The SMILES string of the molecule is CN(C)C[C@H]1CCCC[C@H]1OC(=O)c1ccc(Br)o1. The Hall–Kier alpha value is -0.810. The van der Waals surface area contributed by atoms with E-state index in [9.17, 15) is 4.79 Å². The summed E-state index contributed by atoms with van der Waals surface area (Å²) in [6.45, 7) is 0.958. The molecule has 0 N–H and O–H groups in total. The van der Waals surface area contributed by atoms with E-state index in [2.05, 4.69) is 34.9 Å². The monoisotopic (exact) mass is 329 g/mol. The van der Waals surface area contributed by atoms with E-state index in [0.29, 0.717) is 10.6 Å². The number of hydrogen-bond acceptors (Lipinski definition) is 4. The van der Waals surface area contributed by atoms with Crippen LogP contribution in [0.3, 0.4) is 0 Å². The van der Waals surface area contributed by atoms with Crippen LogP contribution in [0.1, 0.15) is 36.2 Å². The van der Waals surface area contributed by atoms with Crippen LogP contribution in [0.5, 0.6) is 0 Å². The van der Waals surface area contributed by atoms with Crippen LogP contribution in [-0.2, 0) is 4.74 Å². The molecule has 0 unspecified atom stereocenters. The molecule has 1 saturated carbocycles. The number of rotatable bonds is 4. The minimum atomic E-state index is -0.360. The topological polar surface area (TPSA) is 42.7 Å². The lowest BCUT2D eigenvalue weighted by molar-refractivity contribution is -0.00615. The zero-order valence-electron chi connectivity index (χ0n) is 11.4. The molecule has 1 heterocycles. The smallest absolute Gasteiger partial charge is 0.374 e. The van der Waals surface area contributed by atoms with Crippen LogP contribution in [0.2, 0.25) is 0 Å². The average Bonchev–Trinajstić information content (AvgIpc) is 2.78. The summed E-state index contributed by atoms with van der Waals surface area (Å²) in [6.07, 6.45) is 4.43. The molecule has 0 aromatic carbocycles. The van der Waals surface area contributed by atoms with Crippen molar-refractivity contribution in [2.45, 2.75) is 31.8 Å². The molecule has 2 rings (SSSR count). The van der Waals surface area contributed by atoms with E-state index in [1.807, 2.05) is 0 Å². The second kappa shape index (κ2) is 6.57. The number of ether oxygens (including phenoxy) is 1. The first-order valence-electron chi connectivity index (χ1n) is 6.67. The molecule has 4 nitrogen and oxygen atoms in total. The highest BCUT2D eigenvalue weighted by Gasteiger charge is 2.29. The summed E-state index contributed by atoms with van der Waals surface area (Å²) >= 11 is 3.19. The molecule has 0 bridgehead atoms. The van der Waals surface area contributed by atoms with Crippen LogP contribution >= 0.6 is 15.9 Å². The van der Waals surface area contributed by atoms with E-state index < -0.39 is 0 Å². The molecule has 0 saturated heterocycles. The predicted octanol–water partition coefficient (Wildman–Crippen LogP) is 3.32. The lowest BCUT2D eigenvalue weighted by atomic mass is 9.86. The number of hydrogen-bond donors (Lipinski definition) is 0. The molecule has 19 heavy (non-hydrogen) atoms. The highest BCUT2D eigenvalue weighted by Crippen LogP contribution is 2.28. The summed E-state index contributed by atoms with van der Waals surface area (Å²) in [5, 5.41) is 0. The van der Waals surface area contributed by atoms with Crippen LogP contribution in [0, 0.1) is 5.92 Å². The van der Waals surface area contributed by atoms with Crippen molar-refractivity contribution < 1.29 is 13.9 Å². The molecule has 0 radical (unpaired) electrons. The number of furan rings is 1. The molecule has 1 aromatic heterocycles. The van der Waals surface area contributed by atoms with Gasteiger partial charge in [-0.3, -0.25) is 0 Å². The lowest BCUT2D eigenvalue weighted by Crippen LogP contribution is -2.36. The van der Waals surface area contributed by atoms with Gasteiger partial charge in [0, 0.05) is 12.5 Å². The molecule has 1 aromatic rings. The van der Waals surface area contributed by atoms with Gasteiger partial charge in [0.1, 0.15) is 6.10 Å². The van der Waals surface area contributed by atoms with Crippen LogP contribution in [0.15, 0.2) is 21.2 Å². The maximum atomic E-state index is 12.0. The van der Waals surface area contributed by atoms with Crippen molar-refractivity contribution in [2.75, 3.05) is 20.6 Å². The zero-order chi connectivity index (χ0) is 13.8. The Kier molecular flexibility index (Phi) is 5.05. The van der Waals surface area contributed by atoms with E-state index in [0.717, 1.165) is 25.8 Å². The normalized spacial score (nSPS) is 23.6. The molecule has 5 heteroatoms. The summed E-state index contributed by atoms with van der Waals surface area (Å²) in [6, 6.07) is 3.34. The highest BCUT2D eigenvalue weighted by atomic mass is 79.9. The van der Waals surface area contributed by atoms with Crippen molar-refractivity contribution in [1.82, 2.24) is 4.90 Å².